The number of rotatable bonds is 7. The third kappa shape index (κ3) is 3.99. The summed E-state index contributed by atoms with van der Waals surface area (Å²) < 4.78 is 38.6. The van der Waals surface area contributed by atoms with E-state index in [-0.39, 0.29) is 18.5 Å². The van der Waals surface area contributed by atoms with Crippen molar-refractivity contribution in [3.8, 4) is 11.5 Å². The van der Waals surface area contributed by atoms with Crippen molar-refractivity contribution < 1.29 is 27.9 Å². The van der Waals surface area contributed by atoms with Crippen LogP contribution in [0.3, 0.4) is 0 Å². The summed E-state index contributed by atoms with van der Waals surface area (Å²) in [7, 11) is 0. The number of carbonyl (C=O) groups excluding carboxylic acids is 1. The Morgan fingerprint density at radius 3 is 2.74 bits per heavy atom. The van der Waals surface area contributed by atoms with Crippen molar-refractivity contribution in [3.05, 3.63) is 59.2 Å². The van der Waals surface area contributed by atoms with E-state index < -0.39 is 23.1 Å². The third-order valence-corrected chi connectivity index (χ3v) is 3.99. The number of amides is 1. The quantitative estimate of drug-likeness (QED) is 0.803. The molecule has 0 aromatic heterocycles. The lowest BCUT2D eigenvalue weighted by Gasteiger charge is -2.14. The van der Waals surface area contributed by atoms with Crippen LogP contribution in [0.15, 0.2) is 41.6 Å². The van der Waals surface area contributed by atoms with Gasteiger partial charge < -0.3 is 20.0 Å². The molecule has 2 aromatic rings. The molecule has 0 bridgehead atoms. The van der Waals surface area contributed by atoms with Gasteiger partial charge in [-0.3, -0.25) is 4.79 Å². The highest BCUT2D eigenvalue weighted by molar-refractivity contribution is 5.94. The number of nitrogens with two attached hydrogens (primary N) is 1. The number of oxime groups is 1. The molecular weight excluding hydrogens is 358 g/mol. The Balaban J connectivity index is 1.66. The average molecular weight is 376 g/mol. The number of para-hydroxylation sites is 1. The number of benzene rings is 2. The molecule has 0 aliphatic carbocycles. The van der Waals surface area contributed by atoms with E-state index in [1.807, 2.05) is 31.2 Å². The van der Waals surface area contributed by atoms with Gasteiger partial charge in [0.05, 0.1) is 12.3 Å². The smallest absolute Gasteiger partial charge is 0.254 e. The highest BCUT2D eigenvalue weighted by atomic mass is 19.1. The van der Waals surface area contributed by atoms with Gasteiger partial charge in [-0.15, -0.1) is 0 Å². The topological polar surface area (TPSA) is 83.1 Å². The fraction of sp³-hybridized carbons (Fsp3) is 0.263. The lowest BCUT2D eigenvalue weighted by atomic mass is 10.0. The van der Waals surface area contributed by atoms with Gasteiger partial charge >= 0.3 is 0 Å². The van der Waals surface area contributed by atoms with E-state index in [0.29, 0.717) is 24.5 Å². The molecule has 1 atom stereocenters. The fourth-order valence-electron chi connectivity index (χ4n) is 2.74. The number of hydrogen-bond acceptors (Lipinski definition) is 5. The standard InChI is InChI=1S/C19H18F2N2O4/c1-2-25-14-6-4-3-5-12(14)16-9-11(23-27-16)10-26-15-8-7-13(20)17(18(15)21)19(22)24/h3-8,16H,2,9-10H2,1H3,(H2,22,24). The number of hydrogen-bond donors (Lipinski definition) is 1. The average Bonchev–Trinajstić information content (AvgIpc) is 3.10. The second-order valence-corrected chi connectivity index (χ2v) is 5.81. The van der Waals surface area contributed by atoms with Gasteiger partial charge in [0, 0.05) is 12.0 Å². The van der Waals surface area contributed by atoms with Crippen molar-refractivity contribution in [2.24, 2.45) is 10.9 Å². The molecule has 142 valence electrons. The molecule has 2 aromatic carbocycles. The molecule has 3 rings (SSSR count). The van der Waals surface area contributed by atoms with Crippen molar-refractivity contribution >= 4 is 11.6 Å². The van der Waals surface area contributed by atoms with Crippen LogP contribution in [0.5, 0.6) is 11.5 Å². The zero-order chi connectivity index (χ0) is 19.4. The Bertz CT molecular complexity index is 886. The van der Waals surface area contributed by atoms with Gasteiger partial charge in [-0.1, -0.05) is 23.4 Å². The number of ether oxygens (including phenoxy) is 2. The molecule has 0 fully saturated rings. The number of nitrogens with zero attached hydrogens (tertiary/aromatic N) is 1. The maximum atomic E-state index is 14.2. The Labute approximate surface area is 154 Å². The molecule has 1 aliphatic heterocycles. The first-order chi connectivity index (χ1) is 13.0. The minimum atomic E-state index is -1.20. The van der Waals surface area contributed by atoms with Gasteiger partial charge in [-0.2, -0.15) is 0 Å². The summed E-state index contributed by atoms with van der Waals surface area (Å²) in [5.41, 5.74) is 5.55. The summed E-state index contributed by atoms with van der Waals surface area (Å²) >= 11 is 0. The molecule has 0 radical (unpaired) electrons. The Kier molecular flexibility index (Phi) is 5.54. The van der Waals surface area contributed by atoms with Gasteiger partial charge in [0.25, 0.3) is 5.91 Å². The molecule has 2 N–H and O–H groups in total. The molecule has 1 unspecified atom stereocenters. The first-order valence-corrected chi connectivity index (χ1v) is 8.35. The molecule has 1 aliphatic rings. The molecule has 1 amide bonds. The summed E-state index contributed by atoms with van der Waals surface area (Å²) in [6, 6.07) is 9.47. The van der Waals surface area contributed by atoms with Crippen molar-refractivity contribution in [1.82, 2.24) is 0 Å². The lowest BCUT2D eigenvalue weighted by Crippen LogP contribution is -2.17. The monoisotopic (exact) mass is 376 g/mol. The van der Waals surface area contributed by atoms with Gasteiger partial charge in [-0.25, -0.2) is 8.78 Å². The Morgan fingerprint density at radius 2 is 2.00 bits per heavy atom. The molecule has 1 heterocycles. The zero-order valence-corrected chi connectivity index (χ0v) is 14.6. The van der Waals surface area contributed by atoms with Gasteiger partial charge in [0.1, 0.15) is 23.7 Å². The lowest BCUT2D eigenvalue weighted by molar-refractivity contribution is 0.0831. The highest BCUT2D eigenvalue weighted by Crippen LogP contribution is 2.34. The summed E-state index contributed by atoms with van der Waals surface area (Å²) in [5.74, 6) is -2.96. The van der Waals surface area contributed by atoms with E-state index in [9.17, 15) is 13.6 Å². The molecule has 0 spiro atoms. The third-order valence-electron chi connectivity index (χ3n) is 3.99. The summed E-state index contributed by atoms with van der Waals surface area (Å²) in [6.07, 6.45) is 0.0841. The summed E-state index contributed by atoms with van der Waals surface area (Å²) in [4.78, 5) is 16.6. The predicted molar refractivity (Wildman–Crippen MR) is 93.9 cm³/mol. The highest BCUT2D eigenvalue weighted by Gasteiger charge is 2.26. The molecule has 27 heavy (non-hydrogen) atoms. The van der Waals surface area contributed by atoms with Crippen LogP contribution >= 0.6 is 0 Å². The second-order valence-electron chi connectivity index (χ2n) is 5.81. The maximum Gasteiger partial charge on any atom is 0.254 e. The van der Waals surface area contributed by atoms with Crippen LogP contribution in [0.4, 0.5) is 8.78 Å². The minimum absolute atomic E-state index is 0.0753. The van der Waals surface area contributed by atoms with Crippen LogP contribution in [0.1, 0.15) is 35.4 Å². The molecular formula is C19H18F2N2O4. The minimum Gasteiger partial charge on any atom is -0.493 e. The van der Waals surface area contributed by atoms with Crippen LogP contribution in [-0.2, 0) is 4.84 Å². The molecule has 8 heteroatoms. The van der Waals surface area contributed by atoms with Crippen LogP contribution in [-0.4, -0.2) is 24.8 Å². The van der Waals surface area contributed by atoms with Crippen molar-refractivity contribution in [1.29, 1.82) is 0 Å². The van der Waals surface area contributed by atoms with E-state index >= 15 is 0 Å². The van der Waals surface area contributed by atoms with Gasteiger partial charge in [0.2, 0.25) is 0 Å². The molecule has 6 nitrogen and oxygen atoms in total. The second kappa shape index (κ2) is 8.03. The van der Waals surface area contributed by atoms with E-state index in [4.69, 9.17) is 20.0 Å². The van der Waals surface area contributed by atoms with E-state index in [0.717, 1.165) is 17.7 Å². The maximum absolute atomic E-state index is 14.2. The van der Waals surface area contributed by atoms with Crippen molar-refractivity contribution in [2.45, 2.75) is 19.4 Å². The fourth-order valence-corrected chi connectivity index (χ4v) is 2.74. The Hall–Kier alpha value is -3.16. The first-order valence-electron chi connectivity index (χ1n) is 8.35. The van der Waals surface area contributed by atoms with Crippen molar-refractivity contribution in [2.75, 3.05) is 13.2 Å². The van der Waals surface area contributed by atoms with E-state index in [2.05, 4.69) is 5.16 Å². The van der Waals surface area contributed by atoms with Crippen LogP contribution in [0.2, 0.25) is 0 Å². The molecule has 0 saturated carbocycles. The first kappa shape index (κ1) is 18.6. The number of halogens is 2. The SMILES string of the molecule is CCOc1ccccc1C1CC(COc2ccc(F)c(C(N)=O)c2F)=NO1. The van der Waals surface area contributed by atoms with E-state index in [1.165, 1.54) is 0 Å². The van der Waals surface area contributed by atoms with Crippen molar-refractivity contribution in [3.63, 3.8) is 0 Å². The van der Waals surface area contributed by atoms with E-state index in [1.54, 1.807) is 0 Å². The number of primary amides is 1. The van der Waals surface area contributed by atoms with Gasteiger partial charge in [0.15, 0.2) is 17.7 Å². The molecule has 0 saturated heterocycles. The summed E-state index contributed by atoms with van der Waals surface area (Å²) in [5, 5.41) is 3.96. The largest absolute Gasteiger partial charge is 0.493 e. The van der Waals surface area contributed by atoms with Crippen LogP contribution in [0, 0.1) is 11.6 Å². The van der Waals surface area contributed by atoms with Crippen LogP contribution in [0.25, 0.3) is 0 Å². The normalized spacial score (nSPS) is 15.8. The van der Waals surface area contributed by atoms with Gasteiger partial charge in [-0.05, 0) is 25.1 Å². The zero-order valence-electron chi connectivity index (χ0n) is 14.6. The number of carbonyl (C=O) groups is 1. The Morgan fingerprint density at radius 1 is 1.22 bits per heavy atom. The predicted octanol–water partition coefficient (Wildman–Crippen LogP) is 3.36. The van der Waals surface area contributed by atoms with Crippen LogP contribution < -0.4 is 15.2 Å². The summed E-state index contributed by atoms with van der Waals surface area (Å²) in [6.45, 7) is 2.33.